The lowest BCUT2D eigenvalue weighted by Gasteiger charge is -2.38. The Labute approximate surface area is 107 Å². The first kappa shape index (κ1) is 12.9. The molecular formula is C14H19NO3. The van der Waals surface area contributed by atoms with Gasteiger partial charge >= 0.3 is 5.97 Å². The third-order valence-electron chi connectivity index (χ3n) is 3.20. The molecule has 1 aliphatic heterocycles. The van der Waals surface area contributed by atoms with Crippen LogP contribution in [0.5, 0.6) is 0 Å². The maximum absolute atomic E-state index is 11.3. The normalized spacial score (nSPS) is 24.1. The number of rotatable bonds is 2. The van der Waals surface area contributed by atoms with Gasteiger partial charge in [-0.05, 0) is 32.4 Å². The molecular weight excluding hydrogens is 230 g/mol. The second kappa shape index (κ2) is 4.98. The van der Waals surface area contributed by atoms with Crippen LogP contribution in [0, 0.1) is 6.92 Å². The first-order valence-corrected chi connectivity index (χ1v) is 6.22. The van der Waals surface area contributed by atoms with Crippen molar-refractivity contribution in [3.8, 4) is 0 Å². The van der Waals surface area contributed by atoms with E-state index >= 15 is 0 Å². The third kappa shape index (κ3) is 2.48. The first-order valence-electron chi connectivity index (χ1n) is 6.22. The molecule has 0 aromatic heterocycles. The monoisotopic (exact) mass is 249 g/mol. The second-order valence-electron chi connectivity index (χ2n) is 4.94. The molecule has 1 N–H and O–H groups in total. The zero-order valence-corrected chi connectivity index (χ0v) is 11.0. The molecule has 0 spiro atoms. The van der Waals surface area contributed by atoms with Gasteiger partial charge in [-0.3, -0.25) is 0 Å². The molecule has 0 saturated carbocycles. The van der Waals surface area contributed by atoms with Gasteiger partial charge in [-0.1, -0.05) is 12.1 Å². The van der Waals surface area contributed by atoms with Crippen LogP contribution in [0.3, 0.4) is 0 Å². The van der Waals surface area contributed by atoms with Crippen LogP contribution < -0.4 is 4.90 Å². The summed E-state index contributed by atoms with van der Waals surface area (Å²) in [6.45, 7) is 7.44. The average molecular weight is 249 g/mol. The Hall–Kier alpha value is -1.55. The number of aromatic carboxylic acids is 1. The fourth-order valence-electron chi connectivity index (χ4n) is 2.61. The van der Waals surface area contributed by atoms with E-state index in [2.05, 4.69) is 4.90 Å². The van der Waals surface area contributed by atoms with E-state index in [1.54, 1.807) is 12.1 Å². The van der Waals surface area contributed by atoms with E-state index in [4.69, 9.17) is 4.74 Å². The second-order valence-corrected chi connectivity index (χ2v) is 4.94. The highest BCUT2D eigenvalue weighted by Gasteiger charge is 2.26. The summed E-state index contributed by atoms with van der Waals surface area (Å²) in [6.07, 6.45) is 0.241. The van der Waals surface area contributed by atoms with E-state index in [1.807, 2.05) is 26.8 Å². The molecule has 1 aromatic carbocycles. The van der Waals surface area contributed by atoms with Crippen molar-refractivity contribution in [3.05, 3.63) is 29.3 Å². The molecule has 0 radical (unpaired) electrons. The van der Waals surface area contributed by atoms with E-state index in [-0.39, 0.29) is 12.2 Å². The summed E-state index contributed by atoms with van der Waals surface area (Å²) < 4.78 is 5.69. The van der Waals surface area contributed by atoms with Crippen LogP contribution in [-0.2, 0) is 4.74 Å². The fourth-order valence-corrected chi connectivity index (χ4v) is 2.61. The number of hydrogen-bond acceptors (Lipinski definition) is 3. The van der Waals surface area contributed by atoms with E-state index in [9.17, 15) is 9.90 Å². The highest BCUT2D eigenvalue weighted by atomic mass is 16.5. The number of carbonyl (C=O) groups is 1. The number of anilines is 1. The number of carboxylic acids is 1. The smallest absolute Gasteiger partial charge is 0.337 e. The SMILES string of the molecule is Cc1cccc(C(=O)O)c1N1C[C@@H](C)O[C@@H](C)C1. The summed E-state index contributed by atoms with van der Waals surface area (Å²) in [4.78, 5) is 13.4. The number of nitrogens with zero attached hydrogens (tertiary/aromatic N) is 1. The van der Waals surface area contributed by atoms with E-state index < -0.39 is 5.97 Å². The Balaban J connectivity index is 2.40. The number of ether oxygens (including phenoxy) is 1. The van der Waals surface area contributed by atoms with Crippen LogP contribution in [0.25, 0.3) is 0 Å². The van der Waals surface area contributed by atoms with Crippen LogP contribution in [-0.4, -0.2) is 36.4 Å². The lowest BCUT2D eigenvalue weighted by Crippen LogP contribution is -2.46. The van der Waals surface area contributed by atoms with Crippen LogP contribution in [0.15, 0.2) is 18.2 Å². The molecule has 1 aliphatic rings. The van der Waals surface area contributed by atoms with Crippen LogP contribution in [0.2, 0.25) is 0 Å². The van der Waals surface area contributed by atoms with Crippen molar-refractivity contribution in [2.45, 2.75) is 33.0 Å². The largest absolute Gasteiger partial charge is 0.478 e. The Kier molecular flexibility index (Phi) is 3.57. The van der Waals surface area contributed by atoms with Gasteiger partial charge in [0.2, 0.25) is 0 Å². The topological polar surface area (TPSA) is 49.8 Å². The molecule has 2 rings (SSSR count). The number of benzene rings is 1. The maximum Gasteiger partial charge on any atom is 0.337 e. The molecule has 98 valence electrons. The molecule has 0 aliphatic carbocycles. The summed E-state index contributed by atoms with van der Waals surface area (Å²) in [7, 11) is 0. The molecule has 1 fully saturated rings. The minimum atomic E-state index is -0.875. The van der Waals surface area contributed by atoms with E-state index in [0.717, 1.165) is 24.3 Å². The third-order valence-corrected chi connectivity index (χ3v) is 3.20. The van der Waals surface area contributed by atoms with Crippen LogP contribution >= 0.6 is 0 Å². The Bertz CT molecular complexity index is 448. The lowest BCUT2D eigenvalue weighted by molar-refractivity contribution is -0.00534. The zero-order chi connectivity index (χ0) is 13.3. The van der Waals surface area contributed by atoms with Gasteiger partial charge in [0.05, 0.1) is 23.5 Å². The Morgan fingerprint density at radius 1 is 1.33 bits per heavy atom. The van der Waals surface area contributed by atoms with Crippen molar-refractivity contribution >= 4 is 11.7 Å². The fraction of sp³-hybridized carbons (Fsp3) is 0.500. The maximum atomic E-state index is 11.3. The van der Waals surface area contributed by atoms with Crippen molar-refractivity contribution in [2.24, 2.45) is 0 Å². The summed E-state index contributed by atoms with van der Waals surface area (Å²) in [5.41, 5.74) is 2.19. The van der Waals surface area contributed by atoms with Crippen LogP contribution in [0.1, 0.15) is 29.8 Å². The van der Waals surface area contributed by atoms with Crippen molar-refractivity contribution in [1.82, 2.24) is 0 Å². The van der Waals surface area contributed by atoms with Gasteiger partial charge in [0.1, 0.15) is 0 Å². The molecule has 4 nitrogen and oxygen atoms in total. The average Bonchev–Trinajstić information content (AvgIpc) is 2.26. The molecule has 2 atom stereocenters. The van der Waals surface area contributed by atoms with Crippen molar-refractivity contribution in [3.63, 3.8) is 0 Å². The molecule has 0 amide bonds. The van der Waals surface area contributed by atoms with Gasteiger partial charge in [-0.2, -0.15) is 0 Å². The van der Waals surface area contributed by atoms with Crippen molar-refractivity contribution < 1.29 is 14.6 Å². The predicted molar refractivity (Wildman–Crippen MR) is 70.4 cm³/mol. The molecule has 1 aromatic rings. The summed E-state index contributed by atoms with van der Waals surface area (Å²) in [5, 5.41) is 9.29. The molecule has 0 unspecified atom stereocenters. The molecule has 18 heavy (non-hydrogen) atoms. The van der Waals surface area contributed by atoms with Gasteiger partial charge in [-0.25, -0.2) is 4.79 Å². The highest BCUT2D eigenvalue weighted by Crippen LogP contribution is 2.28. The Morgan fingerprint density at radius 3 is 2.50 bits per heavy atom. The molecule has 1 saturated heterocycles. The van der Waals surface area contributed by atoms with Gasteiger partial charge in [0.15, 0.2) is 0 Å². The number of hydrogen-bond donors (Lipinski definition) is 1. The van der Waals surface area contributed by atoms with Crippen molar-refractivity contribution in [1.29, 1.82) is 0 Å². The number of para-hydroxylation sites is 1. The minimum Gasteiger partial charge on any atom is -0.478 e. The molecule has 1 heterocycles. The minimum absolute atomic E-state index is 0.120. The highest BCUT2D eigenvalue weighted by molar-refractivity contribution is 5.95. The van der Waals surface area contributed by atoms with E-state index in [1.165, 1.54) is 0 Å². The van der Waals surface area contributed by atoms with Gasteiger partial charge in [0, 0.05) is 13.1 Å². The summed E-state index contributed by atoms with van der Waals surface area (Å²) in [6, 6.07) is 5.40. The van der Waals surface area contributed by atoms with Crippen molar-refractivity contribution in [2.75, 3.05) is 18.0 Å². The molecule has 0 bridgehead atoms. The van der Waals surface area contributed by atoms with Gasteiger partial charge in [0.25, 0.3) is 0 Å². The van der Waals surface area contributed by atoms with E-state index in [0.29, 0.717) is 5.56 Å². The van der Waals surface area contributed by atoms with Gasteiger partial charge < -0.3 is 14.7 Å². The Morgan fingerprint density at radius 2 is 1.94 bits per heavy atom. The molecule has 4 heteroatoms. The number of morpholine rings is 1. The number of aryl methyl sites for hydroxylation is 1. The zero-order valence-electron chi connectivity index (χ0n) is 11.0. The first-order chi connectivity index (χ1) is 8.49. The van der Waals surface area contributed by atoms with Gasteiger partial charge in [-0.15, -0.1) is 0 Å². The number of carboxylic acid groups (broad SMARTS) is 1. The summed E-state index contributed by atoms with van der Waals surface area (Å²) in [5.74, 6) is -0.875. The quantitative estimate of drug-likeness (QED) is 0.873. The lowest BCUT2D eigenvalue weighted by atomic mass is 10.0. The standard InChI is InChI=1S/C14H19NO3/c1-9-5-4-6-12(14(16)17)13(9)15-7-10(2)18-11(3)8-15/h4-6,10-11H,7-8H2,1-3H3,(H,16,17)/t10-,11+. The summed E-state index contributed by atoms with van der Waals surface area (Å²) >= 11 is 0. The van der Waals surface area contributed by atoms with Crippen LogP contribution in [0.4, 0.5) is 5.69 Å². The predicted octanol–water partition coefficient (Wildman–Crippen LogP) is 2.31.